The van der Waals surface area contributed by atoms with Crippen molar-refractivity contribution in [1.82, 2.24) is 24.6 Å². The molecule has 8 nitrogen and oxygen atoms in total. The summed E-state index contributed by atoms with van der Waals surface area (Å²) < 4.78 is 14.4. The minimum Gasteiger partial charge on any atom is -0.444 e. The highest BCUT2D eigenvalue weighted by atomic mass is 16.6. The average Bonchev–Trinajstić information content (AvgIpc) is 3.51. The lowest BCUT2D eigenvalue weighted by Gasteiger charge is -2.41. The van der Waals surface area contributed by atoms with E-state index in [1.807, 2.05) is 39.0 Å². The van der Waals surface area contributed by atoms with E-state index < -0.39 is 5.60 Å². The van der Waals surface area contributed by atoms with Crippen molar-refractivity contribution in [3.8, 4) is 11.4 Å². The first-order chi connectivity index (χ1) is 22.3. The van der Waals surface area contributed by atoms with Gasteiger partial charge in [-0.05, 0) is 81.4 Å². The molecule has 0 N–H and O–H groups in total. The summed E-state index contributed by atoms with van der Waals surface area (Å²) in [5.74, 6) is 0.278. The van der Waals surface area contributed by atoms with Gasteiger partial charge in [0.15, 0.2) is 6.23 Å². The van der Waals surface area contributed by atoms with E-state index in [9.17, 15) is 4.79 Å². The zero-order valence-corrected chi connectivity index (χ0v) is 29.5. The molecule has 1 amide bonds. The summed E-state index contributed by atoms with van der Waals surface area (Å²) in [5.41, 5.74) is 5.58. The van der Waals surface area contributed by atoms with Crippen LogP contribution in [0.15, 0.2) is 54.7 Å². The molecule has 3 atom stereocenters. The molecule has 1 aliphatic carbocycles. The van der Waals surface area contributed by atoms with Gasteiger partial charge in [0.25, 0.3) is 0 Å². The molecule has 3 aromatic heterocycles. The van der Waals surface area contributed by atoms with Crippen LogP contribution in [0.2, 0.25) is 0 Å². The molecule has 6 rings (SSSR count). The van der Waals surface area contributed by atoms with Crippen molar-refractivity contribution in [2.45, 2.75) is 117 Å². The Morgan fingerprint density at radius 2 is 1.85 bits per heavy atom. The van der Waals surface area contributed by atoms with E-state index in [4.69, 9.17) is 19.6 Å². The van der Waals surface area contributed by atoms with Gasteiger partial charge in [-0.3, -0.25) is 9.97 Å². The van der Waals surface area contributed by atoms with Gasteiger partial charge in [-0.2, -0.15) is 5.10 Å². The summed E-state index contributed by atoms with van der Waals surface area (Å²) in [6.07, 6.45) is 5.97. The third-order valence-electron chi connectivity index (χ3n) is 10.9. The number of rotatable bonds is 8. The first-order valence-corrected chi connectivity index (χ1v) is 17.4. The molecule has 250 valence electrons. The first-order valence-electron chi connectivity index (χ1n) is 17.4. The van der Waals surface area contributed by atoms with Crippen molar-refractivity contribution in [3.05, 3.63) is 77.4 Å². The summed E-state index contributed by atoms with van der Waals surface area (Å²) in [5, 5.41) is 7.67. The Balaban J connectivity index is 1.45. The molecule has 1 aromatic carbocycles. The Morgan fingerprint density at radius 1 is 1.09 bits per heavy atom. The number of fused-ring (bicyclic) bond motifs is 2. The lowest BCUT2D eigenvalue weighted by atomic mass is 9.63. The Morgan fingerprint density at radius 3 is 2.53 bits per heavy atom. The van der Waals surface area contributed by atoms with Crippen molar-refractivity contribution in [1.29, 1.82) is 0 Å². The van der Waals surface area contributed by atoms with Crippen LogP contribution in [-0.4, -0.2) is 49.5 Å². The maximum atomic E-state index is 13.4. The number of nitrogens with zero attached hydrogens (tertiary/aromatic N) is 5. The fourth-order valence-electron chi connectivity index (χ4n) is 7.45. The van der Waals surface area contributed by atoms with E-state index in [0.29, 0.717) is 19.5 Å². The predicted octanol–water partition coefficient (Wildman–Crippen LogP) is 8.98. The zero-order valence-electron chi connectivity index (χ0n) is 29.5. The van der Waals surface area contributed by atoms with Gasteiger partial charge in [0, 0.05) is 47.8 Å². The van der Waals surface area contributed by atoms with E-state index in [0.717, 1.165) is 65.8 Å². The molecule has 1 aliphatic heterocycles. The largest absolute Gasteiger partial charge is 0.444 e. The van der Waals surface area contributed by atoms with Crippen LogP contribution in [-0.2, 0) is 27.9 Å². The van der Waals surface area contributed by atoms with Gasteiger partial charge < -0.3 is 14.4 Å². The number of amides is 1. The number of benzene rings is 1. The molecule has 2 aliphatic rings. The maximum Gasteiger partial charge on any atom is 0.410 e. The van der Waals surface area contributed by atoms with Crippen molar-refractivity contribution < 1.29 is 14.3 Å². The molecule has 0 radical (unpaired) electrons. The Hall–Kier alpha value is -3.78. The Bertz CT molecular complexity index is 1730. The van der Waals surface area contributed by atoms with Gasteiger partial charge in [-0.15, -0.1) is 0 Å². The molecular formula is C39H51N5O3. The summed E-state index contributed by atoms with van der Waals surface area (Å²) in [4.78, 5) is 25.1. The minimum absolute atomic E-state index is 0.0213. The second-order valence-electron chi connectivity index (χ2n) is 15.2. The Kier molecular flexibility index (Phi) is 8.94. The van der Waals surface area contributed by atoms with Crippen LogP contribution in [0.1, 0.15) is 116 Å². The van der Waals surface area contributed by atoms with Gasteiger partial charge >= 0.3 is 6.09 Å². The molecule has 8 heteroatoms. The van der Waals surface area contributed by atoms with Crippen molar-refractivity contribution in [2.75, 3.05) is 13.2 Å². The highest BCUT2D eigenvalue weighted by Crippen LogP contribution is 2.62. The monoisotopic (exact) mass is 637 g/mol. The molecule has 0 spiro atoms. The highest BCUT2D eigenvalue weighted by molar-refractivity contribution is 5.95. The number of carbonyl (C=O) groups is 1. The second-order valence-corrected chi connectivity index (χ2v) is 15.2. The molecule has 0 saturated carbocycles. The third-order valence-corrected chi connectivity index (χ3v) is 10.9. The summed E-state index contributed by atoms with van der Waals surface area (Å²) in [6, 6.07) is 16.4. The quantitative estimate of drug-likeness (QED) is 0.192. The standard InChI is InChI=1S/C39H51N5O3/c1-9-39(8)35-32(26(2)38(39,6)7)34(44(42-35)31-19-13-15-23-46-31)33-30-18-11-10-16-27(30)24-28(41-33)20-22-43(36(45)47-37(3,4)5)25-29-17-12-14-21-40-29/h10-12,14,16-18,21,24,26,31H,9,13,15,19-20,22-23,25H2,1-8H3. The van der Waals surface area contributed by atoms with Crippen molar-refractivity contribution in [2.24, 2.45) is 5.41 Å². The molecular weight excluding hydrogens is 586 g/mol. The van der Waals surface area contributed by atoms with Crippen LogP contribution in [0.4, 0.5) is 4.79 Å². The number of ether oxygens (including phenoxy) is 2. The Labute approximate surface area is 279 Å². The zero-order chi connectivity index (χ0) is 33.6. The van der Waals surface area contributed by atoms with E-state index >= 15 is 0 Å². The molecule has 0 bridgehead atoms. The third kappa shape index (κ3) is 6.17. The van der Waals surface area contributed by atoms with Gasteiger partial charge in [0.05, 0.1) is 29.3 Å². The molecule has 1 fully saturated rings. The van der Waals surface area contributed by atoms with E-state index in [-0.39, 0.29) is 29.1 Å². The van der Waals surface area contributed by atoms with Crippen LogP contribution in [0.5, 0.6) is 0 Å². The average molecular weight is 638 g/mol. The van der Waals surface area contributed by atoms with Crippen LogP contribution in [0.25, 0.3) is 22.2 Å². The molecule has 47 heavy (non-hydrogen) atoms. The van der Waals surface area contributed by atoms with Crippen LogP contribution < -0.4 is 0 Å². The highest BCUT2D eigenvalue weighted by Gasteiger charge is 2.56. The number of hydrogen-bond donors (Lipinski definition) is 0. The van der Waals surface area contributed by atoms with Crippen molar-refractivity contribution in [3.63, 3.8) is 0 Å². The van der Waals surface area contributed by atoms with Gasteiger partial charge in [0.1, 0.15) is 5.60 Å². The minimum atomic E-state index is -0.606. The lowest BCUT2D eigenvalue weighted by molar-refractivity contribution is -0.0393. The van der Waals surface area contributed by atoms with Crippen LogP contribution in [0.3, 0.4) is 0 Å². The molecule has 4 aromatic rings. The van der Waals surface area contributed by atoms with Gasteiger partial charge in [-0.1, -0.05) is 65.0 Å². The molecule has 1 saturated heterocycles. The smallest absolute Gasteiger partial charge is 0.410 e. The van der Waals surface area contributed by atoms with Crippen LogP contribution in [0, 0.1) is 5.41 Å². The topological polar surface area (TPSA) is 82.4 Å². The van der Waals surface area contributed by atoms with E-state index in [1.54, 1.807) is 11.1 Å². The normalized spacial score (nSPS) is 22.3. The molecule has 4 heterocycles. The number of pyridine rings is 2. The van der Waals surface area contributed by atoms with Crippen LogP contribution >= 0.6 is 0 Å². The lowest BCUT2D eigenvalue weighted by Crippen LogP contribution is -2.38. The van der Waals surface area contributed by atoms with Gasteiger partial charge in [-0.25, -0.2) is 9.48 Å². The van der Waals surface area contributed by atoms with Crippen molar-refractivity contribution >= 4 is 16.9 Å². The predicted molar refractivity (Wildman–Crippen MR) is 186 cm³/mol. The van der Waals surface area contributed by atoms with Gasteiger partial charge in [0.2, 0.25) is 0 Å². The summed E-state index contributed by atoms with van der Waals surface area (Å²) >= 11 is 0. The first kappa shape index (κ1) is 33.1. The fraction of sp³-hybridized carbons (Fsp3) is 0.538. The maximum absolute atomic E-state index is 13.4. The SMILES string of the molecule is CCC1(C)c2nn(C3CCCCO3)c(-c3nc(CCN(Cc4ccccn4)C(=O)OC(C)(C)C)cc4ccccc34)c2C(C)C1(C)C. The number of aromatic nitrogens is 4. The number of carbonyl (C=O) groups excluding carboxylic acids is 1. The summed E-state index contributed by atoms with van der Waals surface area (Å²) in [7, 11) is 0. The number of hydrogen-bond acceptors (Lipinski definition) is 6. The van der Waals surface area contributed by atoms with E-state index in [1.165, 1.54) is 11.3 Å². The molecule has 3 unspecified atom stereocenters. The summed E-state index contributed by atoms with van der Waals surface area (Å²) in [6.45, 7) is 19.0. The van der Waals surface area contributed by atoms with E-state index in [2.05, 4.69) is 74.6 Å². The fourth-order valence-corrected chi connectivity index (χ4v) is 7.45. The second kappa shape index (κ2) is 12.7.